The van der Waals surface area contributed by atoms with Crippen molar-refractivity contribution in [2.75, 3.05) is 4.90 Å². The molecule has 0 aliphatic carbocycles. The Balaban J connectivity index is 0.000000176. The van der Waals surface area contributed by atoms with Crippen LogP contribution in [-0.4, -0.2) is 49.0 Å². The third-order valence-corrected chi connectivity index (χ3v) is 12.4. The molecular formula is C48H40N6O5. The summed E-state index contributed by atoms with van der Waals surface area (Å²) in [6, 6.07) is 35.1. The van der Waals surface area contributed by atoms with Gasteiger partial charge in [0.2, 0.25) is 17.6 Å². The summed E-state index contributed by atoms with van der Waals surface area (Å²) >= 11 is 0. The van der Waals surface area contributed by atoms with Crippen LogP contribution in [0.4, 0.5) is 11.4 Å². The number of aryl methyl sites for hydroxylation is 2. The molecular weight excluding hydrogens is 741 g/mol. The molecule has 7 aromatic rings. The summed E-state index contributed by atoms with van der Waals surface area (Å²) < 4.78 is 1.65. The number of carbonyl (C=O) groups is 3. The predicted octanol–water partition coefficient (Wildman–Crippen LogP) is 7.57. The van der Waals surface area contributed by atoms with Gasteiger partial charge in [-0.3, -0.25) is 29.1 Å². The average Bonchev–Trinajstić information content (AvgIpc) is 3.99. The van der Waals surface area contributed by atoms with Gasteiger partial charge in [-0.05, 0) is 85.8 Å². The molecule has 292 valence electrons. The van der Waals surface area contributed by atoms with Gasteiger partial charge >= 0.3 is 0 Å². The molecule has 0 bridgehead atoms. The lowest BCUT2D eigenvalue weighted by Crippen LogP contribution is -2.50. The van der Waals surface area contributed by atoms with Crippen molar-refractivity contribution in [3.05, 3.63) is 159 Å². The summed E-state index contributed by atoms with van der Waals surface area (Å²) in [5.41, 5.74) is 6.31. The Kier molecular flexibility index (Phi) is 8.19. The number of fused-ring (bicyclic) bond motifs is 10. The van der Waals surface area contributed by atoms with Crippen LogP contribution in [0.25, 0.3) is 27.5 Å². The molecule has 3 N–H and O–H groups in total. The molecule has 4 aliphatic heterocycles. The van der Waals surface area contributed by atoms with Gasteiger partial charge in [0, 0.05) is 28.1 Å². The standard InChI is InChI=1S/C32H30N4O3.C16H10N2O2/c1-17(2)15-24-26-27(30(39)35(29(26)38)20-14-13-18(3)19(4)16-20)32(34-24)22-10-6-8-12-25(22)36-28(37)21-9-5-7-11-23(21)33-31(32)36;19-15-10-6-2-4-8-12(10)17-14(15)13-9-5-1-3-7-11(9)18-16(13)20/h5-14,16-17,24,26-27,34H,15H2,1-4H3;1-8,18,20H/t24?,26-,27+,32?;/m0./s1. The number of hydrogen-bond donors (Lipinski definition) is 3. The molecule has 2 aromatic heterocycles. The van der Waals surface area contributed by atoms with Crippen molar-refractivity contribution in [3.8, 4) is 11.6 Å². The Hall–Kier alpha value is -6.98. The molecule has 0 radical (unpaired) electrons. The molecule has 11 heteroatoms. The van der Waals surface area contributed by atoms with Crippen LogP contribution in [0.2, 0.25) is 0 Å². The van der Waals surface area contributed by atoms with Crippen LogP contribution in [0.1, 0.15) is 58.7 Å². The molecule has 11 nitrogen and oxygen atoms in total. The van der Waals surface area contributed by atoms with Gasteiger partial charge in [0.1, 0.15) is 17.1 Å². The van der Waals surface area contributed by atoms with Crippen LogP contribution in [0.5, 0.6) is 5.88 Å². The lowest BCUT2D eigenvalue weighted by atomic mass is 9.75. The number of aromatic amines is 1. The molecule has 59 heavy (non-hydrogen) atoms. The molecule has 0 saturated carbocycles. The maximum absolute atomic E-state index is 14.5. The number of hydrogen-bond acceptors (Lipinski definition) is 8. The number of benzene rings is 5. The van der Waals surface area contributed by atoms with Gasteiger partial charge in [-0.25, -0.2) is 14.9 Å². The summed E-state index contributed by atoms with van der Waals surface area (Å²) in [6.07, 6.45) is 0.711. The molecule has 4 aliphatic rings. The number of H-pyrrole nitrogens is 1. The Bertz CT molecular complexity index is 3050. The van der Waals surface area contributed by atoms with Gasteiger partial charge in [0.05, 0.1) is 45.4 Å². The minimum Gasteiger partial charge on any atom is -0.494 e. The van der Waals surface area contributed by atoms with Gasteiger partial charge in [0.15, 0.2) is 5.88 Å². The SMILES string of the molecule is Cc1ccc(N2C(=O)[C@H]3C(CC(C)C)NC4(c5ccccc5-n5c4nc4ccccc4c5=O)[C@H]3C2=O)cc1C.O=C1C(c2c(O)[nH]c3ccccc23)=Nc2ccccc21. The lowest BCUT2D eigenvalue weighted by Gasteiger charge is -2.32. The number of para-hydroxylation sites is 4. The van der Waals surface area contributed by atoms with Crippen LogP contribution < -0.4 is 15.8 Å². The number of aromatic hydroxyl groups is 1. The first-order valence-corrected chi connectivity index (χ1v) is 19.9. The zero-order valence-electron chi connectivity index (χ0n) is 32.9. The molecule has 2 saturated heterocycles. The fraction of sp³-hybridized carbons (Fsp3) is 0.208. The summed E-state index contributed by atoms with van der Waals surface area (Å²) in [4.78, 5) is 68.7. The van der Waals surface area contributed by atoms with Crippen molar-refractivity contribution in [2.45, 2.75) is 45.7 Å². The molecule has 2 amide bonds. The maximum Gasteiger partial charge on any atom is 0.266 e. The van der Waals surface area contributed by atoms with Crippen LogP contribution in [-0.2, 0) is 15.1 Å². The number of aliphatic imine (C=N–C) groups is 1. The van der Waals surface area contributed by atoms with E-state index in [-0.39, 0.29) is 35.1 Å². The summed E-state index contributed by atoms with van der Waals surface area (Å²) in [5.74, 6) is -1.16. The van der Waals surface area contributed by atoms with Crippen molar-refractivity contribution in [3.63, 3.8) is 0 Å². The number of carbonyl (C=O) groups excluding carboxylic acids is 3. The molecule has 2 fully saturated rings. The fourth-order valence-electron chi connectivity index (χ4n) is 9.65. The second-order valence-corrected chi connectivity index (χ2v) is 16.3. The highest BCUT2D eigenvalue weighted by atomic mass is 16.3. The summed E-state index contributed by atoms with van der Waals surface area (Å²) in [7, 11) is 0. The molecule has 4 atom stereocenters. The molecule has 1 spiro atoms. The van der Waals surface area contributed by atoms with Crippen molar-refractivity contribution in [1.29, 1.82) is 0 Å². The van der Waals surface area contributed by atoms with E-state index in [1.54, 1.807) is 22.8 Å². The number of ketones is 1. The predicted molar refractivity (Wildman–Crippen MR) is 227 cm³/mol. The van der Waals surface area contributed by atoms with Gasteiger partial charge < -0.3 is 10.1 Å². The average molecular weight is 781 g/mol. The zero-order chi connectivity index (χ0) is 40.9. The van der Waals surface area contributed by atoms with Crippen molar-refractivity contribution in [2.24, 2.45) is 22.7 Å². The monoisotopic (exact) mass is 780 g/mol. The topological polar surface area (TPSA) is 150 Å². The Morgan fingerprint density at radius 3 is 2.29 bits per heavy atom. The van der Waals surface area contributed by atoms with Gasteiger partial charge in [-0.15, -0.1) is 0 Å². The summed E-state index contributed by atoms with van der Waals surface area (Å²) in [5, 5.41) is 15.2. The van der Waals surface area contributed by atoms with E-state index in [1.165, 1.54) is 4.90 Å². The third kappa shape index (κ3) is 5.24. The van der Waals surface area contributed by atoms with Gasteiger partial charge in [-0.2, -0.15) is 0 Å². The van der Waals surface area contributed by atoms with E-state index in [2.05, 4.69) is 29.1 Å². The largest absolute Gasteiger partial charge is 0.494 e. The number of amides is 2. The second-order valence-electron chi connectivity index (χ2n) is 16.3. The first-order valence-electron chi connectivity index (χ1n) is 19.9. The highest BCUT2D eigenvalue weighted by Crippen LogP contribution is 2.56. The Morgan fingerprint density at radius 2 is 1.51 bits per heavy atom. The number of nitrogens with zero attached hydrogens (tertiary/aromatic N) is 4. The molecule has 6 heterocycles. The van der Waals surface area contributed by atoms with Gasteiger partial charge in [-0.1, -0.05) is 80.6 Å². The quantitative estimate of drug-likeness (QED) is 0.156. The molecule has 2 unspecified atom stereocenters. The first-order chi connectivity index (χ1) is 28.5. The van der Waals surface area contributed by atoms with E-state index in [4.69, 9.17) is 4.98 Å². The number of aromatic nitrogens is 3. The second kappa shape index (κ2) is 13.3. The number of rotatable bonds is 4. The summed E-state index contributed by atoms with van der Waals surface area (Å²) in [6.45, 7) is 8.24. The lowest BCUT2D eigenvalue weighted by molar-refractivity contribution is -0.123. The van der Waals surface area contributed by atoms with E-state index < -0.39 is 17.4 Å². The first kappa shape index (κ1) is 36.4. The van der Waals surface area contributed by atoms with Crippen LogP contribution in [0, 0.1) is 31.6 Å². The van der Waals surface area contributed by atoms with E-state index >= 15 is 0 Å². The Morgan fingerprint density at radius 1 is 0.797 bits per heavy atom. The fourth-order valence-corrected chi connectivity index (χ4v) is 9.65. The van der Waals surface area contributed by atoms with Crippen LogP contribution in [0.3, 0.4) is 0 Å². The third-order valence-electron chi connectivity index (χ3n) is 12.4. The van der Waals surface area contributed by atoms with E-state index in [0.29, 0.717) is 63.0 Å². The van der Waals surface area contributed by atoms with Crippen LogP contribution >= 0.6 is 0 Å². The van der Waals surface area contributed by atoms with Gasteiger partial charge in [0.25, 0.3) is 5.56 Å². The number of Topliss-reactive ketones (excluding diaryl/α,β-unsaturated/α-hetero) is 1. The minimum absolute atomic E-state index is 0.0221. The van der Waals surface area contributed by atoms with Crippen molar-refractivity contribution < 1.29 is 19.5 Å². The highest BCUT2D eigenvalue weighted by molar-refractivity contribution is 6.56. The normalized spacial score (nSPS) is 21.2. The van der Waals surface area contributed by atoms with Crippen molar-refractivity contribution in [1.82, 2.24) is 19.9 Å². The van der Waals surface area contributed by atoms with E-state index in [1.807, 2.05) is 111 Å². The maximum atomic E-state index is 14.5. The highest BCUT2D eigenvalue weighted by Gasteiger charge is 2.69. The van der Waals surface area contributed by atoms with E-state index in [9.17, 15) is 24.3 Å². The minimum atomic E-state index is -1.11. The number of nitrogens with one attached hydrogen (secondary N) is 2. The zero-order valence-corrected chi connectivity index (χ0v) is 32.9. The molecule has 5 aromatic carbocycles. The van der Waals surface area contributed by atoms with Crippen molar-refractivity contribution >= 4 is 56.5 Å². The number of anilines is 1. The molecule has 11 rings (SSSR count). The Labute approximate surface area is 339 Å². The van der Waals surface area contributed by atoms with E-state index in [0.717, 1.165) is 27.6 Å². The number of imide groups is 1. The smallest absolute Gasteiger partial charge is 0.266 e. The van der Waals surface area contributed by atoms with Crippen LogP contribution in [0.15, 0.2) is 125 Å².